The van der Waals surface area contributed by atoms with E-state index >= 15 is 0 Å². The molecule has 2 rings (SSSR count). The molecule has 0 bridgehead atoms. The van der Waals surface area contributed by atoms with E-state index in [1.54, 1.807) is 0 Å². The monoisotopic (exact) mass is 274 g/mol. The average Bonchev–Trinajstić information content (AvgIpc) is 2.36. The van der Waals surface area contributed by atoms with Gasteiger partial charge < -0.3 is 5.32 Å². The largest absolute Gasteiger partial charge is 0.325 e. The second-order valence-electron chi connectivity index (χ2n) is 5.91. The van der Waals surface area contributed by atoms with Crippen molar-refractivity contribution in [3.05, 3.63) is 29.3 Å². The summed E-state index contributed by atoms with van der Waals surface area (Å²) >= 11 is 0. The zero-order chi connectivity index (χ0) is 14.4. The van der Waals surface area contributed by atoms with Crippen LogP contribution in [0.25, 0.3) is 0 Å². The van der Waals surface area contributed by atoms with Crippen molar-refractivity contribution in [2.24, 2.45) is 0 Å². The topological polar surface area (TPSA) is 32.3 Å². The summed E-state index contributed by atoms with van der Waals surface area (Å²) in [6.07, 6.45) is 6.39. The molecule has 1 aromatic rings. The van der Waals surface area contributed by atoms with Crippen LogP contribution in [0.5, 0.6) is 0 Å². The smallest absolute Gasteiger partial charge is 0.238 e. The molecule has 1 fully saturated rings. The van der Waals surface area contributed by atoms with E-state index in [1.807, 2.05) is 19.1 Å². The lowest BCUT2D eigenvalue weighted by Crippen LogP contribution is -2.35. The maximum atomic E-state index is 12.2. The molecule has 1 N–H and O–H groups in total. The van der Waals surface area contributed by atoms with Crippen LogP contribution in [0, 0.1) is 13.8 Å². The van der Waals surface area contributed by atoms with Crippen molar-refractivity contribution in [1.29, 1.82) is 0 Å². The molecule has 1 aliphatic heterocycles. The molecular formula is C17H26N2O. The first-order chi connectivity index (χ1) is 9.65. The summed E-state index contributed by atoms with van der Waals surface area (Å²) in [4.78, 5) is 14.5. The Morgan fingerprint density at radius 3 is 2.40 bits per heavy atom. The van der Waals surface area contributed by atoms with E-state index in [-0.39, 0.29) is 5.91 Å². The minimum atomic E-state index is 0.109. The molecule has 0 atom stereocenters. The van der Waals surface area contributed by atoms with Crippen molar-refractivity contribution in [3.8, 4) is 0 Å². The molecule has 1 aliphatic rings. The number of hydrogen-bond acceptors (Lipinski definition) is 2. The van der Waals surface area contributed by atoms with Crippen LogP contribution in [0.15, 0.2) is 18.2 Å². The Bertz CT molecular complexity index is 448. The van der Waals surface area contributed by atoms with Crippen LogP contribution in [-0.2, 0) is 4.79 Å². The second kappa shape index (κ2) is 7.44. The van der Waals surface area contributed by atoms with E-state index in [0.29, 0.717) is 6.54 Å². The van der Waals surface area contributed by atoms with Gasteiger partial charge >= 0.3 is 0 Å². The highest BCUT2D eigenvalue weighted by Gasteiger charge is 2.13. The first-order valence-electron chi connectivity index (χ1n) is 7.74. The first-order valence-corrected chi connectivity index (χ1v) is 7.74. The number of carbonyl (C=O) groups is 1. The van der Waals surface area contributed by atoms with Crippen LogP contribution in [0.1, 0.15) is 43.2 Å². The fourth-order valence-electron chi connectivity index (χ4n) is 2.82. The van der Waals surface area contributed by atoms with Crippen LogP contribution in [0.2, 0.25) is 0 Å². The number of amides is 1. The SMILES string of the molecule is Cc1ccc(NC(=O)CN2CCCCCCC2)c(C)c1. The lowest BCUT2D eigenvalue weighted by molar-refractivity contribution is -0.117. The summed E-state index contributed by atoms with van der Waals surface area (Å²) in [6.45, 7) is 6.74. The van der Waals surface area contributed by atoms with Crippen molar-refractivity contribution in [2.45, 2.75) is 46.0 Å². The van der Waals surface area contributed by atoms with Crippen LogP contribution in [-0.4, -0.2) is 30.4 Å². The zero-order valence-electron chi connectivity index (χ0n) is 12.7. The molecule has 0 saturated carbocycles. The summed E-state index contributed by atoms with van der Waals surface area (Å²) in [5.74, 6) is 0.109. The molecule has 0 aliphatic carbocycles. The van der Waals surface area contributed by atoms with Crippen LogP contribution in [0.4, 0.5) is 5.69 Å². The molecule has 1 saturated heterocycles. The lowest BCUT2D eigenvalue weighted by atomic mass is 10.1. The molecule has 110 valence electrons. The van der Waals surface area contributed by atoms with Gasteiger partial charge in [-0.1, -0.05) is 37.0 Å². The predicted molar refractivity (Wildman–Crippen MR) is 84.1 cm³/mol. The highest BCUT2D eigenvalue weighted by atomic mass is 16.2. The third-order valence-electron chi connectivity index (χ3n) is 3.97. The second-order valence-corrected chi connectivity index (χ2v) is 5.91. The van der Waals surface area contributed by atoms with Gasteiger partial charge in [0.15, 0.2) is 0 Å². The number of aryl methyl sites for hydroxylation is 2. The highest BCUT2D eigenvalue weighted by Crippen LogP contribution is 2.16. The minimum Gasteiger partial charge on any atom is -0.325 e. The number of nitrogens with zero attached hydrogens (tertiary/aromatic N) is 1. The van der Waals surface area contributed by atoms with E-state index < -0.39 is 0 Å². The highest BCUT2D eigenvalue weighted by molar-refractivity contribution is 5.93. The minimum absolute atomic E-state index is 0.109. The molecule has 0 unspecified atom stereocenters. The van der Waals surface area contributed by atoms with Crippen LogP contribution < -0.4 is 5.32 Å². The van der Waals surface area contributed by atoms with Crippen molar-refractivity contribution in [1.82, 2.24) is 4.90 Å². The number of carbonyl (C=O) groups excluding carboxylic acids is 1. The van der Waals surface area contributed by atoms with Crippen molar-refractivity contribution in [2.75, 3.05) is 25.0 Å². The standard InChI is InChI=1S/C17H26N2O/c1-14-8-9-16(15(2)12-14)18-17(20)13-19-10-6-4-3-5-7-11-19/h8-9,12H,3-7,10-11,13H2,1-2H3,(H,18,20). The Morgan fingerprint density at radius 1 is 1.10 bits per heavy atom. The number of anilines is 1. The Hall–Kier alpha value is -1.35. The Kier molecular flexibility index (Phi) is 5.60. The molecule has 1 aromatic carbocycles. The summed E-state index contributed by atoms with van der Waals surface area (Å²) in [6, 6.07) is 6.14. The maximum absolute atomic E-state index is 12.2. The summed E-state index contributed by atoms with van der Waals surface area (Å²) in [5.41, 5.74) is 3.29. The third kappa shape index (κ3) is 4.64. The van der Waals surface area contributed by atoms with Gasteiger partial charge in [0.25, 0.3) is 0 Å². The number of hydrogen-bond donors (Lipinski definition) is 1. The maximum Gasteiger partial charge on any atom is 0.238 e. The first kappa shape index (κ1) is 15.0. The van der Waals surface area contributed by atoms with Crippen LogP contribution in [0.3, 0.4) is 0 Å². The summed E-state index contributed by atoms with van der Waals surface area (Å²) in [5, 5.41) is 3.04. The Balaban J connectivity index is 1.87. The van der Waals surface area contributed by atoms with Crippen LogP contribution >= 0.6 is 0 Å². The molecule has 1 amide bonds. The Morgan fingerprint density at radius 2 is 1.75 bits per heavy atom. The lowest BCUT2D eigenvalue weighted by Gasteiger charge is -2.24. The fraction of sp³-hybridized carbons (Fsp3) is 0.588. The molecule has 0 radical (unpaired) electrons. The van der Waals surface area contributed by atoms with Gasteiger partial charge in [-0.05, 0) is 51.4 Å². The van der Waals surface area contributed by atoms with Gasteiger partial charge in [0.1, 0.15) is 0 Å². The van der Waals surface area contributed by atoms with E-state index in [0.717, 1.165) is 24.3 Å². The summed E-state index contributed by atoms with van der Waals surface area (Å²) < 4.78 is 0. The molecule has 3 heteroatoms. The predicted octanol–water partition coefficient (Wildman–Crippen LogP) is 3.51. The van der Waals surface area contributed by atoms with E-state index in [2.05, 4.69) is 23.2 Å². The molecule has 0 aromatic heterocycles. The van der Waals surface area contributed by atoms with Gasteiger partial charge in [-0.15, -0.1) is 0 Å². The summed E-state index contributed by atoms with van der Waals surface area (Å²) in [7, 11) is 0. The fourth-order valence-corrected chi connectivity index (χ4v) is 2.82. The zero-order valence-corrected chi connectivity index (χ0v) is 12.7. The van der Waals surface area contributed by atoms with Gasteiger partial charge in [0.05, 0.1) is 6.54 Å². The quantitative estimate of drug-likeness (QED) is 0.915. The van der Waals surface area contributed by atoms with Crippen molar-refractivity contribution < 1.29 is 4.79 Å². The van der Waals surface area contributed by atoms with Crippen molar-refractivity contribution in [3.63, 3.8) is 0 Å². The number of likely N-dealkylation sites (tertiary alicyclic amines) is 1. The van der Waals surface area contributed by atoms with Gasteiger partial charge in [0.2, 0.25) is 5.91 Å². The third-order valence-corrected chi connectivity index (χ3v) is 3.97. The number of nitrogens with one attached hydrogen (secondary N) is 1. The van der Waals surface area contributed by atoms with E-state index in [9.17, 15) is 4.79 Å². The molecule has 3 nitrogen and oxygen atoms in total. The average molecular weight is 274 g/mol. The van der Waals surface area contributed by atoms with E-state index in [1.165, 1.54) is 37.7 Å². The molecule has 1 heterocycles. The molecule has 0 spiro atoms. The normalized spacial score (nSPS) is 17.3. The number of benzene rings is 1. The molecule has 20 heavy (non-hydrogen) atoms. The van der Waals surface area contributed by atoms with Gasteiger partial charge in [0, 0.05) is 5.69 Å². The number of rotatable bonds is 3. The molecular weight excluding hydrogens is 248 g/mol. The van der Waals surface area contributed by atoms with Gasteiger partial charge in [-0.3, -0.25) is 9.69 Å². The van der Waals surface area contributed by atoms with Crippen molar-refractivity contribution >= 4 is 11.6 Å². The Labute approximate surface area is 122 Å². The van der Waals surface area contributed by atoms with E-state index in [4.69, 9.17) is 0 Å². The van der Waals surface area contributed by atoms with Gasteiger partial charge in [-0.25, -0.2) is 0 Å². The van der Waals surface area contributed by atoms with Gasteiger partial charge in [-0.2, -0.15) is 0 Å².